The number of hydrogen-bond donors (Lipinski definition) is 1. The molecule has 0 rings (SSSR count). The van der Waals surface area contributed by atoms with Crippen LogP contribution < -0.4 is 0 Å². The molecule has 5 heteroatoms. The fraction of sp³-hybridized carbons (Fsp3) is 0.909. The molecule has 0 aliphatic rings. The molecule has 2 atom stereocenters. The van der Waals surface area contributed by atoms with Gasteiger partial charge in [-0.15, -0.1) is 0 Å². The lowest BCUT2D eigenvalue weighted by atomic mass is 10.1. The van der Waals surface area contributed by atoms with E-state index in [9.17, 15) is 14.3 Å². The van der Waals surface area contributed by atoms with Crippen molar-refractivity contribution in [1.82, 2.24) is 0 Å². The number of carbonyl (C=O) groups is 1. The van der Waals surface area contributed by atoms with Crippen LogP contribution in [0.25, 0.3) is 0 Å². The molecule has 3 nitrogen and oxygen atoms in total. The number of carbonyl (C=O) groups excluding carboxylic acids is 1. The molecule has 0 fully saturated rings. The second-order valence-corrected chi connectivity index (χ2v) is 4.86. The van der Waals surface area contributed by atoms with Crippen LogP contribution in [0.2, 0.25) is 0 Å². The number of aliphatic hydroxyl groups excluding tert-OH is 1. The lowest BCUT2D eigenvalue weighted by molar-refractivity contribution is -0.156. The Morgan fingerprint density at radius 1 is 1.44 bits per heavy atom. The van der Waals surface area contributed by atoms with Gasteiger partial charge in [0, 0.05) is 0 Å². The summed E-state index contributed by atoms with van der Waals surface area (Å²) in [4.78, 5) is 11.2. The zero-order valence-corrected chi connectivity index (χ0v) is 11.4. The largest absolute Gasteiger partial charge is 0.463 e. The molecule has 0 aliphatic heterocycles. The Kier molecular flexibility index (Phi) is 7.93. The van der Waals surface area contributed by atoms with Crippen molar-refractivity contribution in [3.63, 3.8) is 0 Å². The van der Waals surface area contributed by atoms with E-state index in [2.05, 4.69) is 27.6 Å². The molecule has 0 heterocycles. The van der Waals surface area contributed by atoms with Gasteiger partial charge in [-0.25, -0.2) is 9.18 Å². The third kappa shape index (κ3) is 5.25. The van der Waals surface area contributed by atoms with Crippen molar-refractivity contribution >= 4 is 21.9 Å². The molecule has 0 unspecified atom stereocenters. The molecule has 0 aromatic rings. The van der Waals surface area contributed by atoms with E-state index >= 15 is 0 Å². The Balaban J connectivity index is 4.03. The smallest absolute Gasteiger partial charge is 0.357 e. The van der Waals surface area contributed by atoms with Crippen LogP contribution in [0.4, 0.5) is 4.39 Å². The van der Waals surface area contributed by atoms with Gasteiger partial charge >= 0.3 is 5.97 Å². The molecule has 0 bridgehead atoms. The summed E-state index contributed by atoms with van der Waals surface area (Å²) in [5.74, 6) is -1.06. The van der Waals surface area contributed by atoms with Gasteiger partial charge in [-0.2, -0.15) is 0 Å². The van der Waals surface area contributed by atoms with Crippen molar-refractivity contribution in [3.8, 4) is 0 Å². The van der Waals surface area contributed by atoms with Gasteiger partial charge in [-0.3, -0.25) is 0 Å². The van der Waals surface area contributed by atoms with Gasteiger partial charge in [0.15, 0.2) is 0 Å². The standard InChI is InChI=1S/C11H20BrFO3/c1-3-5-6-7-8-9(14)11(12,13)10(15)16-4-2/h9,14H,3-8H2,1-2H3/t9-,11-/m1/s1. The number of halogens is 2. The number of esters is 1. The molecule has 0 spiro atoms. The van der Waals surface area contributed by atoms with Crippen LogP contribution in [-0.2, 0) is 9.53 Å². The maximum Gasteiger partial charge on any atom is 0.357 e. The van der Waals surface area contributed by atoms with Crippen LogP contribution in [0.1, 0.15) is 46.0 Å². The Hall–Kier alpha value is -0.160. The first-order chi connectivity index (χ1) is 7.46. The highest BCUT2D eigenvalue weighted by Crippen LogP contribution is 2.29. The summed E-state index contributed by atoms with van der Waals surface area (Å²) in [6.45, 7) is 3.76. The van der Waals surface area contributed by atoms with Crippen LogP contribution >= 0.6 is 15.9 Å². The highest BCUT2D eigenvalue weighted by Gasteiger charge is 2.44. The molecule has 0 aliphatic carbocycles. The molecule has 1 N–H and O–H groups in total. The number of hydrogen-bond acceptors (Lipinski definition) is 3. The predicted octanol–water partition coefficient (Wildman–Crippen LogP) is 2.94. The summed E-state index contributed by atoms with van der Waals surface area (Å²) >= 11 is 2.59. The van der Waals surface area contributed by atoms with E-state index in [1.807, 2.05) is 0 Å². The van der Waals surface area contributed by atoms with E-state index in [0.29, 0.717) is 6.42 Å². The Morgan fingerprint density at radius 3 is 2.56 bits per heavy atom. The van der Waals surface area contributed by atoms with Crippen molar-refractivity contribution < 1.29 is 19.0 Å². The number of aliphatic hydroxyl groups is 1. The fourth-order valence-corrected chi connectivity index (χ4v) is 1.65. The van der Waals surface area contributed by atoms with Crippen molar-refractivity contribution in [2.24, 2.45) is 0 Å². The summed E-state index contributed by atoms with van der Waals surface area (Å²) in [5.41, 5.74) is 0. The molecule has 0 aromatic heterocycles. The highest BCUT2D eigenvalue weighted by molar-refractivity contribution is 9.10. The Morgan fingerprint density at radius 2 is 2.06 bits per heavy atom. The Bertz CT molecular complexity index is 209. The van der Waals surface area contributed by atoms with Crippen LogP contribution in [-0.4, -0.2) is 28.4 Å². The third-order valence-corrected chi connectivity index (χ3v) is 3.15. The molecule has 0 saturated heterocycles. The number of rotatable bonds is 8. The maximum atomic E-state index is 13.8. The topological polar surface area (TPSA) is 46.5 Å². The van der Waals surface area contributed by atoms with Crippen molar-refractivity contribution in [2.75, 3.05) is 6.61 Å². The van der Waals surface area contributed by atoms with Crippen molar-refractivity contribution in [1.29, 1.82) is 0 Å². The van der Waals surface area contributed by atoms with E-state index in [0.717, 1.165) is 19.3 Å². The SMILES string of the molecule is CCCCCC[C@@H](O)[C@](F)(Br)C(=O)OCC. The molecular formula is C11H20BrFO3. The van der Waals surface area contributed by atoms with Crippen molar-refractivity contribution in [3.05, 3.63) is 0 Å². The second-order valence-electron chi connectivity index (χ2n) is 3.71. The molecule has 16 heavy (non-hydrogen) atoms. The van der Waals surface area contributed by atoms with E-state index in [4.69, 9.17) is 0 Å². The fourth-order valence-electron chi connectivity index (χ4n) is 1.31. The molecule has 0 aromatic carbocycles. The van der Waals surface area contributed by atoms with Gasteiger partial charge in [0.1, 0.15) is 6.10 Å². The lowest BCUT2D eigenvalue weighted by Crippen LogP contribution is -2.41. The van der Waals surface area contributed by atoms with E-state index in [-0.39, 0.29) is 13.0 Å². The van der Waals surface area contributed by atoms with E-state index in [1.165, 1.54) is 0 Å². The predicted molar refractivity (Wildman–Crippen MR) is 64.2 cm³/mol. The quantitative estimate of drug-likeness (QED) is 0.426. The second kappa shape index (κ2) is 8.01. The highest BCUT2D eigenvalue weighted by atomic mass is 79.9. The van der Waals surface area contributed by atoms with Crippen LogP contribution in [0.15, 0.2) is 0 Å². The third-order valence-electron chi connectivity index (χ3n) is 2.30. The van der Waals surface area contributed by atoms with Gasteiger partial charge in [-0.05, 0) is 29.3 Å². The summed E-state index contributed by atoms with van der Waals surface area (Å²) < 4.78 is 15.8. The monoisotopic (exact) mass is 298 g/mol. The lowest BCUT2D eigenvalue weighted by Gasteiger charge is -2.22. The number of alkyl halides is 2. The zero-order valence-electron chi connectivity index (χ0n) is 9.84. The number of unbranched alkanes of at least 4 members (excludes halogenated alkanes) is 3. The molecule has 96 valence electrons. The maximum absolute atomic E-state index is 13.8. The summed E-state index contributed by atoms with van der Waals surface area (Å²) in [5, 5.41) is 9.55. The minimum absolute atomic E-state index is 0.0959. The van der Waals surface area contributed by atoms with Gasteiger partial charge in [-0.1, -0.05) is 32.6 Å². The summed E-state index contributed by atoms with van der Waals surface area (Å²) in [6, 6.07) is 0. The van der Waals surface area contributed by atoms with Gasteiger partial charge in [0.2, 0.25) is 0 Å². The Labute approximate surface area is 104 Å². The molecular weight excluding hydrogens is 279 g/mol. The summed E-state index contributed by atoms with van der Waals surface area (Å²) in [7, 11) is 0. The molecule has 0 amide bonds. The average molecular weight is 299 g/mol. The van der Waals surface area contributed by atoms with Crippen LogP contribution in [0.5, 0.6) is 0 Å². The minimum Gasteiger partial charge on any atom is -0.463 e. The van der Waals surface area contributed by atoms with Gasteiger partial charge < -0.3 is 9.84 Å². The van der Waals surface area contributed by atoms with E-state index < -0.39 is 16.7 Å². The first-order valence-electron chi connectivity index (χ1n) is 5.69. The van der Waals surface area contributed by atoms with Crippen LogP contribution in [0, 0.1) is 0 Å². The normalized spacial score (nSPS) is 16.6. The average Bonchev–Trinajstić information content (AvgIpc) is 2.24. The van der Waals surface area contributed by atoms with Gasteiger partial charge in [0.05, 0.1) is 6.61 Å². The van der Waals surface area contributed by atoms with Crippen LogP contribution in [0.3, 0.4) is 0 Å². The van der Waals surface area contributed by atoms with Gasteiger partial charge in [0.25, 0.3) is 4.58 Å². The molecule has 0 radical (unpaired) electrons. The minimum atomic E-state index is -2.48. The number of ether oxygens (including phenoxy) is 1. The molecule has 0 saturated carbocycles. The van der Waals surface area contributed by atoms with E-state index in [1.54, 1.807) is 6.92 Å². The first kappa shape index (κ1) is 15.8. The van der Waals surface area contributed by atoms with Crippen molar-refractivity contribution in [2.45, 2.75) is 56.6 Å². The summed E-state index contributed by atoms with van der Waals surface area (Å²) in [6.07, 6.45) is 2.64. The zero-order chi connectivity index (χ0) is 12.6. The first-order valence-corrected chi connectivity index (χ1v) is 6.49.